The summed E-state index contributed by atoms with van der Waals surface area (Å²) in [6, 6.07) is 14.0. The summed E-state index contributed by atoms with van der Waals surface area (Å²) >= 11 is 0. The van der Waals surface area contributed by atoms with Crippen LogP contribution in [0, 0.1) is 0 Å². The first-order valence-corrected chi connectivity index (χ1v) is 8.89. The number of pyridine rings is 1. The third kappa shape index (κ3) is 4.37. The maximum absolute atomic E-state index is 12.7. The first-order chi connectivity index (χ1) is 12.1. The largest absolute Gasteiger partial charge is 0.356 e. The van der Waals surface area contributed by atoms with Crippen LogP contribution in [0.4, 0.5) is 5.82 Å². The van der Waals surface area contributed by atoms with E-state index < -0.39 is 0 Å². The average molecular weight is 338 g/mol. The Morgan fingerprint density at radius 2 is 1.84 bits per heavy atom. The highest BCUT2D eigenvalue weighted by atomic mass is 16.1. The molecule has 25 heavy (non-hydrogen) atoms. The lowest BCUT2D eigenvalue weighted by atomic mass is 10.1. The molecule has 1 aliphatic heterocycles. The molecule has 0 aliphatic carbocycles. The van der Waals surface area contributed by atoms with E-state index in [1.54, 1.807) is 0 Å². The molecular formula is C20H26N4O. The van der Waals surface area contributed by atoms with Crippen LogP contribution >= 0.6 is 0 Å². The Morgan fingerprint density at radius 1 is 1.12 bits per heavy atom. The summed E-state index contributed by atoms with van der Waals surface area (Å²) in [6.45, 7) is 3.37. The van der Waals surface area contributed by atoms with Gasteiger partial charge < -0.3 is 15.1 Å². The van der Waals surface area contributed by atoms with E-state index in [2.05, 4.69) is 15.1 Å². The number of benzene rings is 1. The maximum Gasteiger partial charge on any atom is 0.255 e. The number of carbonyl (C=O) groups excluding carboxylic acids is 1. The topological polar surface area (TPSA) is 48.5 Å². The van der Waals surface area contributed by atoms with Gasteiger partial charge in [0.15, 0.2) is 0 Å². The van der Waals surface area contributed by atoms with Gasteiger partial charge in [-0.25, -0.2) is 4.98 Å². The highest BCUT2D eigenvalue weighted by Crippen LogP contribution is 2.27. The van der Waals surface area contributed by atoms with Gasteiger partial charge in [-0.1, -0.05) is 30.3 Å². The first kappa shape index (κ1) is 17.4. The SMILES string of the molecule is CN(C)CCNC(=O)c1ccc(-c2ccccc2)nc1N1CCCC1. The Bertz CT molecular complexity index is 709. The molecule has 1 N–H and O–H groups in total. The number of carbonyl (C=O) groups is 1. The number of hydrogen-bond donors (Lipinski definition) is 1. The predicted molar refractivity (Wildman–Crippen MR) is 102 cm³/mol. The lowest BCUT2D eigenvalue weighted by Crippen LogP contribution is -2.33. The van der Waals surface area contributed by atoms with Crippen molar-refractivity contribution in [3.8, 4) is 11.3 Å². The molecule has 1 fully saturated rings. The first-order valence-electron chi connectivity index (χ1n) is 8.89. The standard InChI is InChI=1S/C20H26N4O/c1-23(2)15-12-21-20(25)17-10-11-18(16-8-4-3-5-9-16)22-19(17)24-13-6-7-14-24/h3-5,8-11H,6-7,12-15H2,1-2H3,(H,21,25). The normalized spacial score (nSPS) is 14.1. The molecule has 3 rings (SSSR count). The second-order valence-corrected chi connectivity index (χ2v) is 6.69. The summed E-state index contributed by atoms with van der Waals surface area (Å²) in [7, 11) is 4.00. The summed E-state index contributed by atoms with van der Waals surface area (Å²) in [5, 5.41) is 3.01. The van der Waals surface area contributed by atoms with Gasteiger partial charge in [0.25, 0.3) is 5.91 Å². The van der Waals surface area contributed by atoms with Gasteiger partial charge in [0.1, 0.15) is 5.82 Å². The number of hydrogen-bond acceptors (Lipinski definition) is 4. The summed E-state index contributed by atoms with van der Waals surface area (Å²) < 4.78 is 0. The van der Waals surface area contributed by atoms with E-state index in [-0.39, 0.29) is 5.91 Å². The zero-order valence-corrected chi connectivity index (χ0v) is 15.0. The van der Waals surface area contributed by atoms with Crippen molar-refractivity contribution in [1.29, 1.82) is 0 Å². The van der Waals surface area contributed by atoms with Crippen molar-refractivity contribution in [3.05, 3.63) is 48.0 Å². The van der Waals surface area contributed by atoms with Crippen LogP contribution in [0.5, 0.6) is 0 Å². The monoisotopic (exact) mass is 338 g/mol. The Balaban J connectivity index is 1.87. The Morgan fingerprint density at radius 3 is 2.52 bits per heavy atom. The second-order valence-electron chi connectivity index (χ2n) is 6.69. The van der Waals surface area contributed by atoms with Crippen molar-refractivity contribution in [3.63, 3.8) is 0 Å². The van der Waals surface area contributed by atoms with Crippen molar-refractivity contribution in [2.24, 2.45) is 0 Å². The zero-order valence-electron chi connectivity index (χ0n) is 15.0. The lowest BCUT2D eigenvalue weighted by Gasteiger charge is -2.21. The number of aromatic nitrogens is 1. The molecule has 0 unspecified atom stereocenters. The van der Waals surface area contributed by atoms with E-state index in [4.69, 9.17) is 4.98 Å². The Hall–Kier alpha value is -2.40. The highest BCUT2D eigenvalue weighted by Gasteiger charge is 2.21. The third-order valence-corrected chi connectivity index (χ3v) is 4.44. The molecule has 1 aliphatic rings. The number of nitrogens with zero attached hydrogens (tertiary/aromatic N) is 3. The number of rotatable bonds is 6. The molecule has 5 nitrogen and oxygen atoms in total. The molecule has 1 amide bonds. The molecule has 0 saturated carbocycles. The minimum atomic E-state index is -0.0455. The minimum absolute atomic E-state index is 0.0455. The molecule has 1 saturated heterocycles. The van der Waals surface area contributed by atoms with Crippen molar-refractivity contribution < 1.29 is 4.79 Å². The third-order valence-electron chi connectivity index (χ3n) is 4.44. The summed E-state index contributed by atoms with van der Waals surface area (Å²) in [5.74, 6) is 0.761. The fourth-order valence-electron chi connectivity index (χ4n) is 3.05. The van der Waals surface area contributed by atoms with Gasteiger partial charge in [-0.15, -0.1) is 0 Å². The van der Waals surface area contributed by atoms with Crippen LogP contribution in [0.25, 0.3) is 11.3 Å². The van der Waals surface area contributed by atoms with Gasteiger partial charge >= 0.3 is 0 Å². The quantitative estimate of drug-likeness (QED) is 0.880. The van der Waals surface area contributed by atoms with Gasteiger partial charge in [0.2, 0.25) is 0 Å². The van der Waals surface area contributed by atoms with Crippen molar-refractivity contribution >= 4 is 11.7 Å². The highest BCUT2D eigenvalue weighted by molar-refractivity contribution is 5.99. The fourth-order valence-corrected chi connectivity index (χ4v) is 3.05. The summed E-state index contributed by atoms with van der Waals surface area (Å²) in [6.07, 6.45) is 2.30. The molecule has 132 valence electrons. The summed E-state index contributed by atoms with van der Waals surface area (Å²) in [4.78, 5) is 21.8. The second kappa shape index (κ2) is 8.12. The molecule has 5 heteroatoms. The number of nitrogens with one attached hydrogen (secondary N) is 1. The van der Waals surface area contributed by atoms with E-state index in [1.807, 2.05) is 56.6 Å². The van der Waals surface area contributed by atoms with Gasteiger partial charge in [0.05, 0.1) is 11.3 Å². The van der Waals surface area contributed by atoms with Crippen molar-refractivity contribution in [2.45, 2.75) is 12.8 Å². The van der Waals surface area contributed by atoms with E-state index in [0.717, 1.165) is 49.6 Å². The Kier molecular flexibility index (Phi) is 5.66. The van der Waals surface area contributed by atoms with Crippen molar-refractivity contribution in [2.75, 3.05) is 45.2 Å². The zero-order chi connectivity index (χ0) is 17.6. The van der Waals surface area contributed by atoms with Crippen LogP contribution in [-0.4, -0.2) is 56.1 Å². The van der Waals surface area contributed by atoms with Gasteiger partial charge in [-0.05, 0) is 39.1 Å². The Labute approximate surface area is 149 Å². The lowest BCUT2D eigenvalue weighted by molar-refractivity contribution is 0.0951. The molecule has 1 aromatic carbocycles. The maximum atomic E-state index is 12.7. The van der Waals surface area contributed by atoms with Crippen LogP contribution in [0.2, 0.25) is 0 Å². The molecule has 0 spiro atoms. The molecule has 2 aromatic rings. The van der Waals surface area contributed by atoms with E-state index in [1.165, 1.54) is 0 Å². The summed E-state index contributed by atoms with van der Waals surface area (Å²) in [5.41, 5.74) is 2.65. The molecule has 0 radical (unpaired) electrons. The van der Waals surface area contributed by atoms with Crippen molar-refractivity contribution in [1.82, 2.24) is 15.2 Å². The molecule has 1 aromatic heterocycles. The van der Waals surface area contributed by atoms with Crippen LogP contribution in [0.1, 0.15) is 23.2 Å². The smallest absolute Gasteiger partial charge is 0.255 e. The molecule has 2 heterocycles. The van der Waals surface area contributed by atoms with E-state index in [9.17, 15) is 4.79 Å². The predicted octanol–water partition coefficient (Wildman–Crippen LogP) is 2.64. The number of likely N-dealkylation sites (N-methyl/N-ethyl adjacent to an activating group) is 1. The number of amides is 1. The van der Waals surface area contributed by atoms with E-state index in [0.29, 0.717) is 12.1 Å². The fraction of sp³-hybridized carbons (Fsp3) is 0.400. The van der Waals surface area contributed by atoms with Crippen LogP contribution in [-0.2, 0) is 0 Å². The molecular weight excluding hydrogens is 312 g/mol. The molecule has 0 atom stereocenters. The average Bonchev–Trinajstić information content (AvgIpc) is 3.16. The molecule has 0 bridgehead atoms. The van der Waals surface area contributed by atoms with Crippen LogP contribution in [0.15, 0.2) is 42.5 Å². The minimum Gasteiger partial charge on any atom is -0.356 e. The number of anilines is 1. The van der Waals surface area contributed by atoms with Crippen LogP contribution < -0.4 is 10.2 Å². The van der Waals surface area contributed by atoms with Gasteiger partial charge in [0, 0.05) is 31.7 Å². The van der Waals surface area contributed by atoms with Gasteiger partial charge in [-0.3, -0.25) is 4.79 Å². The van der Waals surface area contributed by atoms with Gasteiger partial charge in [-0.2, -0.15) is 0 Å². The van der Waals surface area contributed by atoms with Crippen LogP contribution in [0.3, 0.4) is 0 Å². The van der Waals surface area contributed by atoms with E-state index >= 15 is 0 Å².